The van der Waals surface area contributed by atoms with Crippen molar-refractivity contribution in [2.24, 2.45) is 0 Å². The lowest BCUT2D eigenvalue weighted by atomic mass is 9.98. The van der Waals surface area contributed by atoms with Gasteiger partial charge in [0.2, 0.25) is 0 Å². The lowest BCUT2D eigenvalue weighted by molar-refractivity contribution is 1.23. The van der Waals surface area contributed by atoms with Gasteiger partial charge in [-0.25, -0.2) is 0 Å². The predicted octanol–water partition coefficient (Wildman–Crippen LogP) is 3.48. The first-order valence-electron chi connectivity index (χ1n) is 4.52. The lowest BCUT2D eigenvalue weighted by Gasteiger charge is -2.14. The van der Waals surface area contributed by atoms with Crippen LogP contribution in [0.4, 0.5) is 5.69 Å². The predicted molar refractivity (Wildman–Crippen MR) is 59.2 cm³/mol. The van der Waals surface area contributed by atoms with Gasteiger partial charge < -0.3 is 5.32 Å². The van der Waals surface area contributed by atoms with Crippen molar-refractivity contribution in [1.82, 2.24) is 0 Å². The van der Waals surface area contributed by atoms with Crippen molar-refractivity contribution in [1.29, 1.82) is 0 Å². The number of hydrogen-bond donors (Lipinski definition) is 1. The third-order valence-corrected chi connectivity index (χ3v) is 2.60. The van der Waals surface area contributed by atoms with Crippen LogP contribution in [-0.2, 0) is 0 Å². The van der Waals surface area contributed by atoms with E-state index in [0.717, 1.165) is 0 Å². The zero-order chi connectivity index (χ0) is 10.0. The molecule has 0 aromatic heterocycles. The molecule has 0 heterocycles. The van der Waals surface area contributed by atoms with Gasteiger partial charge in [-0.15, -0.1) is 0 Å². The van der Waals surface area contributed by atoms with Crippen molar-refractivity contribution in [3.8, 4) is 0 Å². The van der Waals surface area contributed by atoms with Gasteiger partial charge in [0.1, 0.15) is 0 Å². The summed E-state index contributed by atoms with van der Waals surface area (Å²) >= 11 is 0. The van der Waals surface area contributed by atoms with Crippen LogP contribution in [0, 0.1) is 27.7 Å². The first-order valence-corrected chi connectivity index (χ1v) is 4.52. The summed E-state index contributed by atoms with van der Waals surface area (Å²) in [5, 5.41) is 3.18. The number of nitrogens with one attached hydrogen (secondary N) is 1. The molecular formula is C12H17N. The van der Waals surface area contributed by atoms with E-state index in [2.05, 4.69) is 45.7 Å². The highest BCUT2D eigenvalue weighted by Gasteiger charge is 2.05. The smallest absolute Gasteiger partial charge is 0.0441 e. The van der Waals surface area contributed by atoms with Crippen molar-refractivity contribution >= 4 is 5.69 Å². The molecule has 0 atom stereocenters. The van der Waals surface area contributed by atoms with E-state index in [4.69, 9.17) is 0 Å². The van der Waals surface area contributed by atoms with E-state index in [1.807, 2.05) is 0 Å². The molecule has 70 valence electrons. The van der Waals surface area contributed by atoms with Gasteiger partial charge in [0, 0.05) is 5.69 Å². The van der Waals surface area contributed by atoms with Crippen LogP contribution in [-0.4, -0.2) is 0 Å². The molecule has 1 rings (SSSR count). The maximum Gasteiger partial charge on any atom is 0.0441 e. The maximum atomic E-state index is 3.68. The molecule has 0 aliphatic heterocycles. The summed E-state index contributed by atoms with van der Waals surface area (Å²) in [5.74, 6) is 0. The minimum atomic E-state index is 1.19. The van der Waals surface area contributed by atoms with Crippen LogP contribution < -0.4 is 5.32 Å². The monoisotopic (exact) mass is 175 g/mol. The van der Waals surface area contributed by atoms with Crippen molar-refractivity contribution in [2.75, 3.05) is 5.32 Å². The van der Waals surface area contributed by atoms with E-state index >= 15 is 0 Å². The van der Waals surface area contributed by atoms with Gasteiger partial charge >= 0.3 is 0 Å². The highest BCUT2D eigenvalue weighted by atomic mass is 14.8. The van der Waals surface area contributed by atoms with Crippen LogP contribution in [0.15, 0.2) is 18.8 Å². The van der Waals surface area contributed by atoms with Gasteiger partial charge in [-0.05, 0) is 56.1 Å². The Morgan fingerprint density at radius 3 is 2.23 bits per heavy atom. The van der Waals surface area contributed by atoms with Gasteiger partial charge in [-0.3, -0.25) is 0 Å². The first-order chi connectivity index (χ1) is 6.07. The average Bonchev–Trinajstić information content (AvgIpc) is 2.09. The fourth-order valence-electron chi connectivity index (χ4n) is 1.61. The summed E-state index contributed by atoms with van der Waals surface area (Å²) in [7, 11) is 0. The molecule has 0 amide bonds. The van der Waals surface area contributed by atoms with Crippen LogP contribution in [0.1, 0.15) is 22.3 Å². The molecule has 1 aromatic rings. The molecule has 0 aliphatic carbocycles. The fraction of sp³-hybridized carbons (Fsp3) is 0.333. The summed E-state index contributed by atoms with van der Waals surface area (Å²) in [6.07, 6.45) is 1.73. The fourth-order valence-corrected chi connectivity index (χ4v) is 1.61. The van der Waals surface area contributed by atoms with Crippen LogP contribution in [0.5, 0.6) is 0 Å². The quantitative estimate of drug-likeness (QED) is 0.725. The second-order valence-corrected chi connectivity index (χ2v) is 3.48. The SMILES string of the molecule is C=CNc1c(C)cc(C)c(C)c1C. The molecular weight excluding hydrogens is 158 g/mol. The van der Waals surface area contributed by atoms with E-state index in [1.165, 1.54) is 27.9 Å². The van der Waals surface area contributed by atoms with Crippen LogP contribution in [0.25, 0.3) is 0 Å². The number of aryl methyl sites for hydroxylation is 2. The van der Waals surface area contributed by atoms with Crippen molar-refractivity contribution in [3.05, 3.63) is 41.1 Å². The van der Waals surface area contributed by atoms with E-state index in [0.29, 0.717) is 0 Å². The zero-order valence-electron chi connectivity index (χ0n) is 8.86. The molecule has 1 aromatic carbocycles. The van der Waals surface area contributed by atoms with E-state index in [-0.39, 0.29) is 0 Å². The molecule has 0 aliphatic rings. The zero-order valence-corrected chi connectivity index (χ0v) is 8.86. The van der Waals surface area contributed by atoms with Crippen molar-refractivity contribution in [3.63, 3.8) is 0 Å². The Morgan fingerprint density at radius 2 is 1.69 bits per heavy atom. The Balaban J connectivity index is 3.34. The van der Waals surface area contributed by atoms with E-state index in [1.54, 1.807) is 6.20 Å². The summed E-state index contributed by atoms with van der Waals surface area (Å²) in [6.45, 7) is 12.2. The largest absolute Gasteiger partial charge is 0.362 e. The van der Waals surface area contributed by atoms with Gasteiger partial charge in [-0.2, -0.15) is 0 Å². The molecule has 0 radical (unpaired) electrons. The molecule has 0 unspecified atom stereocenters. The minimum absolute atomic E-state index is 1.19. The normalized spacial score (nSPS) is 9.85. The Kier molecular flexibility index (Phi) is 2.76. The van der Waals surface area contributed by atoms with Gasteiger partial charge in [0.05, 0.1) is 0 Å². The van der Waals surface area contributed by atoms with Crippen molar-refractivity contribution in [2.45, 2.75) is 27.7 Å². The Bertz CT molecular complexity index is 337. The number of benzene rings is 1. The first kappa shape index (κ1) is 9.85. The average molecular weight is 175 g/mol. The second kappa shape index (κ2) is 3.65. The third kappa shape index (κ3) is 1.74. The Labute approximate surface area is 80.5 Å². The Hall–Kier alpha value is -1.24. The summed E-state index contributed by atoms with van der Waals surface area (Å²) in [6, 6.07) is 2.20. The second-order valence-electron chi connectivity index (χ2n) is 3.48. The van der Waals surface area contributed by atoms with Gasteiger partial charge in [0.15, 0.2) is 0 Å². The van der Waals surface area contributed by atoms with E-state index < -0.39 is 0 Å². The van der Waals surface area contributed by atoms with Crippen molar-refractivity contribution < 1.29 is 0 Å². The Morgan fingerprint density at radius 1 is 1.08 bits per heavy atom. The lowest BCUT2D eigenvalue weighted by Crippen LogP contribution is -1.98. The number of hydrogen-bond acceptors (Lipinski definition) is 1. The summed E-state index contributed by atoms with van der Waals surface area (Å²) < 4.78 is 0. The molecule has 0 bridgehead atoms. The minimum Gasteiger partial charge on any atom is -0.362 e. The highest BCUT2D eigenvalue weighted by molar-refractivity contribution is 5.62. The summed E-state index contributed by atoms with van der Waals surface area (Å²) in [4.78, 5) is 0. The topological polar surface area (TPSA) is 12.0 Å². The number of rotatable bonds is 2. The standard InChI is InChI=1S/C12H17N/c1-6-13-12-9(3)7-8(2)10(4)11(12)5/h6-7,13H,1H2,2-5H3. The maximum absolute atomic E-state index is 3.68. The molecule has 0 fully saturated rings. The molecule has 13 heavy (non-hydrogen) atoms. The number of anilines is 1. The molecule has 1 nitrogen and oxygen atoms in total. The molecule has 1 N–H and O–H groups in total. The van der Waals surface area contributed by atoms with Crippen LogP contribution >= 0.6 is 0 Å². The van der Waals surface area contributed by atoms with Crippen LogP contribution in [0.3, 0.4) is 0 Å². The molecule has 0 saturated carbocycles. The molecule has 0 spiro atoms. The molecule has 1 heteroatoms. The third-order valence-electron chi connectivity index (χ3n) is 2.60. The summed E-state index contributed by atoms with van der Waals surface area (Å²) in [5.41, 5.74) is 6.50. The van der Waals surface area contributed by atoms with Gasteiger partial charge in [0.25, 0.3) is 0 Å². The van der Waals surface area contributed by atoms with Gasteiger partial charge in [-0.1, -0.05) is 12.6 Å². The van der Waals surface area contributed by atoms with E-state index in [9.17, 15) is 0 Å². The highest BCUT2D eigenvalue weighted by Crippen LogP contribution is 2.25. The molecule has 0 saturated heterocycles. The van der Waals surface area contributed by atoms with Crippen LogP contribution in [0.2, 0.25) is 0 Å².